The van der Waals surface area contributed by atoms with E-state index in [-0.39, 0.29) is 5.97 Å². The molecule has 1 rings (SSSR count). The first-order chi connectivity index (χ1) is 9.08. The lowest BCUT2D eigenvalue weighted by molar-refractivity contribution is 0.0428. The molecule has 0 bridgehead atoms. The molecule has 1 aromatic rings. The van der Waals surface area contributed by atoms with E-state index in [9.17, 15) is 4.79 Å². The van der Waals surface area contributed by atoms with Crippen LogP contribution in [0.1, 0.15) is 55.5 Å². The van der Waals surface area contributed by atoms with Crippen molar-refractivity contribution in [1.82, 2.24) is 0 Å². The van der Waals surface area contributed by atoms with Crippen LogP contribution >= 0.6 is 0 Å². The van der Waals surface area contributed by atoms with Crippen molar-refractivity contribution < 1.29 is 9.53 Å². The van der Waals surface area contributed by atoms with E-state index >= 15 is 0 Å². The lowest BCUT2D eigenvalue weighted by Crippen LogP contribution is -2.14. The molecular weight excluding hydrogens is 238 g/mol. The number of aryl methyl sites for hydroxylation is 1. The molecule has 0 heterocycles. The fraction of sp³-hybridized carbons (Fsp3) is 0.562. The van der Waals surface area contributed by atoms with Crippen LogP contribution in [0.5, 0.6) is 0 Å². The highest BCUT2D eigenvalue weighted by Gasteiger charge is 2.12. The van der Waals surface area contributed by atoms with Crippen molar-refractivity contribution in [2.45, 2.75) is 46.5 Å². The van der Waals surface area contributed by atoms with Gasteiger partial charge in [-0.15, -0.1) is 0 Å². The van der Waals surface area contributed by atoms with E-state index in [0.29, 0.717) is 23.8 Å². The van der Waals surface area contributed by atoms with E-state index in [1.807, 2.05) is 6.92 Å². The van der Waals surface area contributed by atoms with E-state index < -0.39 is 0 Å². The molecule has 0 aliphatic heterocycles. The van der Waals surface area contributed by atoms with Crippen molar-refractivity contribution in [3.05, 3.63) is 29.3 Å². The number of hydrogen-bond acceptors (Lipinski definition) is 3. The third kappa shape index (κ3) is 4.93. The number of rotatable bonds is 7. The predicted octanol–water partition coefficient (Wildman–Crippen LogP) is 3.95. The van der Waals surface area contributed by atoms with E-state index in [0.717, 1.165) is 18.4 Å². The molecule has 0 saturated heterocycles. The van der Waals surface area contributed by atoms with Crippen molar-refractivity contribution >= 4 is 11.7 Å². The van der Waals surface area contributed by atoms with Crippen molar-refractivity contribution in [1.29, 1.82) is 0 Å². The number of unbranched alkanes of at least 4 members (excludes halogenated alkanes) is 1. The fourth-order valence-electron chi connectivity index (χ4n) is 1.98. The maximum Gasteiger partial charge on any atom is 0.338 e. The third-order valence-corrected chi connectivity index (χ3v) is 3.50. The lowest BCUT2D eigenvalue weighted by Gasteiger charge is -2.14. The number of esters is 1. The molecule has 0 aromatic heterocycles. The first-order valence-electron chi connectivity index (χ1n) is 7.11. The van der Waals surface area contributed by atoms with Crippen LogP contribution in [0.3, 0.4) is 0 Å². The number of nitrogen functional groups attached to an aromatic ring is 1. The molecule has 3 nitrogen and oxygen atoms in total. The zero-order valence-corrected chi connectivity index (χ0v) is 12.2. The molecule has 0 fully saturated rings. The van der Waals surface area contributed by atoms with Gasteiger partial charge in [0.15, 0.2) is 0 Å². The molecule has 19 heavy (non-hydrogen) atoms. The zero-order valence-electron chi connectivity index (χ0n) is 12.2. The summed E-state index contributed by atoms with van der Waals surface area (Å²) in [6.45, 7) is 6.72. The number of anilines is 1. The van der Waals surface area contributed by atoms with Crippen LogP contribution in [0.15, 0.2) is 18.2 Å². The Kier molecular flexibility index (Phi) is 6.40. The Morgan fingerprint density at radius 3 is 2.68 bits per heavy atom. The Labute approximate surface area is 116 Å². The van der Waals surface area contributed by atoms with E-state index in [1.165, 1.54) is 12.8 Å². The molecule has 0 aliphatic carbocycles. The van der Waals surface area contributed by atoms with Crippen LogP contribution in [0.2, 0.25) is 0 Å². The maximum atomic E-state index is 11.9. The monoisotopic (exact) mass is 263 g/mol. The largest absolute Gasteiger partial charge is 0.462 e. The highest BCUT2D eigenvalue weighted by molar-refractivity contribution is 5.90. The summed E-state index contributed by atoms with van der Waals surface area (Å²) >= 11 is 0. The molecule has 0 saturated carbocycles. The Balaban J connectivity index is 2.52. The Bertz CT molecular complexity index is 415. The average Bonchev–Trinajstić information content (AvgIpc) is 2.41. The van der Waals surface area contributed by atoms with Crippen molar-refractivity contribution in [3.8, 4) is 0 Å². The molecule has 1 atom stereocenters. The molecule has 0 radical (unpaired) electrons. The first-order valence-corrected chi connectivity index (χ1v) is 7.11. The maximum absolute atomic E-state index is 11.9. The second-order valence-corrected chi connectivity index (χ2v) is 5.09. The molecule has 0 aliphatic rings. The van der Waals surface area contributed by atoms with Crippen LogP contribution in [0.25, 0.3) is 0 Å². The highest BCUT2D eigenvalue weighted by Crippen LogP contribution is 2.16. The predicted molar refractivity (Wildman–Crippen MR) is 79.2 cm³/mol. The summed E-state index contributed by atoms with van der Waals surface area (Å²) in [4.78, 5) is 11.9. The number of carbonyl (C=O) groups is 1. The van der Waals surface area contributed by atoms with Gasteiger partial charge in [0, 0.05) is 5.69 Å². The summed E-state index contributed by atoms with van der Waals surface area (Å²) in [5, 5.41) is 0. The fourth-order valence-corrected chi connectivity index (χ4v) is 1.98. The molecule has 0 amide bonds. The van der Waals surface area contributed by atoms with Gasteiger partial charge in [0.25, 0.3) is 0 Å². The van der Waals surface area contributed by atoms with Gasteiger partial charge >= 0.3 is 5.97 Å². The van der Waals surface area contributed by atoms with Gasteiger partial charge in [0.05, 0.1) is 12.2 Å². The quantitative estimate of drug-likeness (QED) is 0.598. The van der Waals surface area contributed by atoms with Gasteiger partial charge in [0.2, 0.25) is 0 Å². The van der Waals surface area contributed by atoms with Crippen molar-refractivity contribution in [3.63, 3.8) is 0 Å². The number of ether oxygens (including phenoxy) is 1. The number of carbonyl (C=O) groups excluding carboxylic acids is 1. The minimum atomic E-state index is -0.252. The molecular formula is C16H25NO2. The van der Waals surface area contributed by atoms with Gasteiger partial charge in [-0.05, 0) is 43.0 Å². The Morgan fingerprint density at radius 1 is 1.37 bits per heavy atom. The summed E-state index contributed by atoms with van der Waals surface area (Å²) in [5.74, 6) is 0.219. The summed E-state index contributed by atoms with van der Waals surface area (Å²) in [5.41, 5.74) is 7.93. The van der Waals surface area contributed by atoms with E-state index in [4.69, 9.17) is 10.5 Å². The van der Waals surface area contributed by atoms with Gasteiger partial charge < -0.3 is 10.5 Å². The minimum absolute atomic E-state index is 0.252. The lowest BCUT2D eigenvalue weighted by atomic mass is 10.0. The van der Waals surface area contributed by atoms with Crippen LogP contribution in [0.4, 0.5) is 5.69 Å². The summed E-state index contributed by atoms with van der Waals surface area (Å²) in [7, 11) is 0. The smallest absolute Gasteiger partial charge is 0.338 e. The van der Waals surface area contributed by atoms with E-state index in [1.54, 1.807) is 18.2 Å². The standard InChI is InChI=1S/C16H25NO2/c1-4-6-7-13(5-2)11-19-16(18)14-8-9-15(17)12(3)10-14/h8-10,13H,4-7,11,17H2,1-3H3. The van der Waals surface area contributed by atoms with Crippen LogP contribution in [-0.4, -0.2) is 12.6 Å². The zero-order chi connectivity index (χ0) is 14.3. The van der Waals surface area contributed by atoms with Gasteiger partial charge in [-0.25, -0.2) is 4.79 Å². The van der Waals surface area contributed by atoms with E-state index in [2.05, 4.69) is 13.8 Å². The average molecular weight is 263 g/mol. The molecule has 0 spiro atoms. The molecule has 3 heteroatoms. The minimum Gasteiger partial charge on any atom is -0.462 e. The van der Waals surface area contributed by atoms with Gasteiger partial charge in [-0.2, -0.15) is 0 Å². The number of benzene rings is 1. The van der Waals surface area contributed by atoms with Gasteiger partial charge in [-0.1, -0.05) is 33.1 Å². The van der Waals surface area contributed by atoms with Crippen LogP contribution < -0.4 is 5.73 Å². The summed E-state index contributed by atoms with van der Waals surface area (Å²) in [6, 6.07) is 5.25. The second-order valence-electron chi connectivity index (χ2n) is 5.09. The topological polar surface area (TPSA) is 52.3 Å². The first kappa shape index (κ1) is 15.5. The summed E-state index contributed by atoms with van der Waals surface area (Å²) < 4.78 is 5.39. The third-order valence-electron chi connectivity index (χ3n) is 3.50. The van der Waals surface area contributed by atoms with Gasteiger partial charge in [-0.3, -0.25) is 0 Å². The molecule has 106 valence electrons. The Morgan fingerprint density at radius 2 is 2.11 bits per heavy atom. The van der Waals surface area contributed by atoms with Crippen molar-refractivity contribution in [2.75, 3.05) is 12.3 Å². The highest BCUT2D eigenvalue weighted by atomic mass is 16.5. The summed E-state index contributed by atoms with van der Waals surface area (Å²) in [6.07, 6.45) is 4.55. The van der Waals surface area contributed by atoms with Crippen LogP contribution in [-0.2, 0) is 4.74 Å². The SMILES string of the molecule is CCCCC(CC)COC(=O)c1ccc(N)c(C)c1. The molecule has 1 unspecified atom stereocenters. The van der Waals surface area contributed by atoms with Gasteiger partial charge in [0.1, 0.15) is 0 Å². The Hall–Kier alpha value is -1.51. The number of hydrogen-bond donors (Lipinski definition) is 1. The van der Waals surface area contributed by atoms with Crippen molar-refractivity contribution in [2.24, 2.45) is 5.92 Å². The van der Waals surface area contributed by atoms with Crippen LogP contribution in [0, 0.1) is 12.8 Å². The number of nitrogens with two attached hydrogens (primary N) is 1. The molecule has 1 aromatic carbocycles. The second kappa shape index (κ2) is 7.82. The normalized spacial score (nSPS) is 12.2. The molecule has 2 N–H and O–H groups in total.